The number of aliphatic hydroxyl groups is 1. The third kappa shape index (κ3) is 4.89. The summed E-state index contributed by atoms with van der Waals surface area (Å²) in [5, 5.41) is 9.64. The molecule has 0 aromatic heterocycles. The number of hydrogen-bond donors (Lipinski definition) is 2. The number of nitrogens with one attached hydrogen (secondary N) is 1. The molecule has 1 rings (SSSR count). The first kappa shape index (κ1) is 16.1. The van der Waals surface area contributed by atoms with Crippen molar-refractivity contribution in [2.75, 3.05) is 6.54 Å². The molecule has 0 saturated carbocycles. The van der Waals surface area contributed by atoms with Crippen LogP contribution in [0.25, 0.3) is 0 Å². The van der Waals surface area contributed by atoms with E-state index in [9.17, 15) is 17.9 Å². The molecule has 0 aliphatic carbocycles. The topological polar surface area (TPSA) is 66.4 Å². The number of rotatable bonds is 6. The molecule has 0 radical (unpaired) electrons. The highest BCUT2D eigenvalue weighted by Gasteiger charge is 2.17. The molecule has 0 amide bonds. The molecule has 2 N–H and O–H groups in total. The first-order valence-corrected chi connectivity index (χ1v) is 7.64. The van der Waals surface area contributed by atoms with E-state index in [0.717, 1.165) is 6.07 Å². The molecule has 0 spiro atoms. The van der Waals surface area contributed by atoms with E-state index in [4.69, 9.17) is 0 Å². The predicted molar refractivity (Wildman–Crippen MR) is 71.8 cm³/mol. The van der Waals surface area contributed by atoms with E-state index in [1.165, 1.54) is 19.1 Å². The Kier molecular flexibility index (Phi) is 5.46. The molecule has 1 atom stereocenters. The smallest absolute Gasteiger partial charge is 0.240 e. The van der Waals surface area contributed by atoms with Crippen LogP contribution in [-0.4, -0.2) is 26.2 Å². The van der Waals surface area contributed by atoms with Crippen LogP contribution in [0.15, 0.2) is 23.1 Å². The van der Waals surface area contributed by atoms with Gasteiger partial charge in [-0.05, 0) is 43.0 Å². The Morgan fingerprint density at radius 3 is 2.53 bits per heavy atom. The molecule has 6 heteroatoms. The fraction of sp³-hybridized carbons (Fsp3) is 0.538. The second-order valence-electron chi connectivity index (χ2n) is 5.05. The molecule has 19 heavy (non-hydrogen) atoms. The molecule has 0 aliphatic rings. The van der Waals surface area contributed by atoms with Crippen molar-refractivity contribution in [2.45, 2.75) is 38.2 Å². The van der Waals surface area contributed by atoms with E-state index in [2.05, 4.69) is 4.72 Å². The second-order valence-corrected chi connectivity index (χ2v) is 6.81. The van der Waals surface area contributed by atoms with Gasteiger partial charge in [-0.15, -0.1) is 0 Å². The summed E-state index contributed by atoms with van der Waals surface area (Å²) in [4.78, 5) is 0.00291. The van der Waals surface area contributed by atoms with Crippen LogP contribution in [0.5, 0.6) is 0 Å². The van der Waals surface area contributed by atoms with Gasteiger partial charge in [0.15, 0.2) is 0 Å². The predicted octanol–water partition coefficient (Wildman–Crippen LogP) is 1.82. The van der Waals surface area contributed by atoms with Crippen LogP contribution in [0.1, 0.15) is 25.8 Å². The molecular formula is C13H20FNO3S. The lowest BCUT2D eigenvalue weighted by Crippen LogP contribution is -2.32. The normalized spacial score (nSPS) is 13.8. The minimum atomic E-state index is -3.71. The van der Waals surface area contributed by atoms with Crippen molar-refractivity contribution < 1.29 is 17.9 Å². The maximum atomic E-state index is 13.1. The lowest BCUT2D eigenvalue weighted by molar-refractivity contribution is 0.152. The van der Waals surface area contributed by atoms with Gasteiger partial charge in [0.2, 0.25) is 10.0 Å². The number of hydrogen-bond acceptors (Lipinski definition) is 3. The highest BCUT2D eigenvalue weighted by atomic mass is 32.2. The fourth-order valence-electron chi connectivity index (χ4n) is 1.70. The first-order valence-electron chi connectivity index (χ1n) is 6.16. The van der Waals surface area contributed by atoms with Crippen molar-refractivity contribution in [1.82, 2.24) is 4.72 Å². The van der Waals surface area contributed by atoms with E-state index in [1.54, 1.807) is 0 Å². The summed E-state index contributed by atoms with van der Waals surface area (Å²) in [6.07, 6.45) is -0.207. The van der Waals surface area contributed by atoms with Crippen LogP contribution in [-0.2, 0) is 10.0 Å². The Balaban J connectivity index is 2.73. The summed E-state index contributed by atoms with van der Waals surface area (Å²) < 4.78 is 39.3. The van der Waals surface area contributed by atoms with Crippen LogP contribution in [0.3, 0.4) is 0 Å². The van der Waals surface area contributed by atoms with Crippen LogP contribution >= 0.6 is 0 Å². The zero-order valence-corrected chi connectivity index (χ0v) is 12.2. The monoisotopic (exact) mass is 289 g/mol. The SMILES string of the molecule is Cc1cc(S(=O)(=O)NCC(O)CC(C)C)ccc1F. The number of aliphatic hydroxyl groups excluding tert-OH is 1. The molecule has 1 aromatic rings. The van der Waals surface area contributed by atoms with Gasteiger partial charge in [-0.1, -0.05) is 13.8 Å². The van der Waals surface area contributed by atoms with Gasteiger partial charge in [-0.25, -0.2) is 17.5 Å². The molecule has 0 fully saturated rings. The number of halogens is 1. The van der Waals surface area contributed by atoms with Crippen molar-refractivity contribution in [3.05, 3.63) is 29.6 Å². The molecule has 1 unspecified atom stereocenters. The summed E-state index contributed by atoms with van der Waals surface area (Å²) in [6, 6.07) is 3.60. The molecule has 4 nitrogen and oxygen atoms in total. The summed E-state index contributed by atoms with van der Waals surface area (Å²) in [6.45, 7) is 5.35. The standard InChI is InChI=1S/C13H20FNO3S/c1-9(2)6-11(16)8-15-19(17,18)12-4-5-13(14)10(3)7-12/h4-5,7,9,11,15-16H,6,8H2,1-3H3. The molecular weight excluding hydrogens is 269 g/mol. The highest BCUT2D eigenvalue weighted by Crippen LogP contribution is 2.14. The van der Waals surface area contributed by atoms with Gasteiger partial charge in [0, 0.05) is 6.54 Å². The molecule has 0 saturated heterocycles. The number of aryl methyl sites for hydroxylation is 1. The Labute approximate surface area is 113 Å². The zero-order valence-electron chi connectivity index (χ0n) is 11.4. The van der Waals surface area contributed by atoms with Crippen molar-refractivity contribution in [3.63, 3.8) is 0 Å². The number of sulfonamides is 1. The molecule has 0 bridgehead atoms. The second kappa shape index (κ2) is 6.45. The van der Waals surface area contributed by atoms with E-state index in [0.29, 0.717) is 6.42 Å². The van der Waals surface area contributed by atoms with Crippen LogP contribution in [0, 0.1) is 18.7 Å². The minimum absolute atomic E-state index is 0.00291. The van der Waals surface area contributed by atoms with Gasteiger partial charge >= 0.3 is 0 Å². The van der Waals surface area contributed by atoms with Crippen LogP contribution in [0.2, 0.25) is 0 Å². The molecule has 1 aromatic carbocycles. The molecule has 0 aliphatic heterocycles. The Bertz CT molecular complexity index is 529. The quantitative estimate of drug-likeness (QED) is 0.839. The van der Waals surface area contributed by atoms with E-state index < -0.39 is 21.9 Å². The Morgan fingerprint density at radius 2 is 2.00 bits per heavy atom. The average Bonchev–Trinajstić information content (AvgIpc) is 2.29. The summed E-state index contributed by atoms with van der Waals surface area (Å²) >= 11 is 0. The summed E-state index contributed by atoms with van der Waals surface area (Å²) in [5.41, 5.74) is 0.269. The van der Waals surface area contributed by atoms with Crippen molar-refractivity contribution in [1.29, 1.82) is 0 Å². The lowest BCUT2D eigenvalue weighted by Gasteiger charge is -2.14. The van der Waals surface area contributed by atoms with E-state index in [1.807, 2.05) is 13.8 Å². The zero-order chi connectivity index (χ0) is 14.6. The molecule has 0 heterocycles. The summed E-state index contributed by atoms with van der Waals surface area (Å²) in [5.74, 6) is -0.161. The van der Waals surface area contributed by atoms with Crippen molar-refractivity contribution in [2.24, 2.45) is 5.92 Å². The lowest BCUT2D eigenvalue weighted by atomic mass is 10.1. The highest BCUT2D eigenvalue weighted by molar-refractivity contribution is 7.89. The Hall–Kier alpha value is -0.980. The minimum Gasteiger partial charge on any atom is -0.392 e. The van der Waals surface area contributed by atoms with Gasteiger partial charge < -0.3 is 5.11 Å². The molecule has 108 valence electrons. The van der Waals surface area contributed by atoms with Crippen LogP contribution in [0.4, 0.5) is 4.39 Å². The third-order valence-corrected chi connectivity index (χ3v) is 4.11. The maximum Gasteiger partial charge on any atom is 0.240 e. The van der Waals surface area contributed by atoms with Crippen molar-refractivity contribution >= 4 is 10.0 Å². The van der Waals surface area contributed by atoms with Crippen LogP contribution < -0.4 is 4.72 Å². The van der Waals surface area contributed by atoms with Gasteiger partial charge in [-0.3, -0.25) is 0 Å². The first-order chi connectivity index (χ1) is 8.72. The van der Waals surface area contributed by atoms with E-state index in [-0.39, 0.29) is 22.9 Å². The van der Waals surface area contributed by atoms with Crippen molar-refractivity contribution in [3.8, 4) is 0 Å². The van der Waals surface area contributed by atoms with Gasteiger partial charge in [0.1, 0.15) is 5.82 Å². The third-order valence-electron chi connectivity index (χ3n) is 2.69. The fourth-order valence-corrected chi connectivity index (χ4v) is 2.86. The largest absolute Gasteiger partial charge is 0.392 e. The van der Waals surface area contributed by atoms with Gasteiger partial charge in [-0.2, -0.15) is 0 Å². The Morgan fingerprint density at radius 1 is 1.37 bits per heavy atom. The van der Waals surface area contributed by atoms with Gasteiger partial charge in [0.25, 0.3) is 0 Å². The van der Waals surface area contributed by atoms with E-state index >= 15 is 0 Å². The average molecular weight is 289 g/mol. The van der Waals surface area contributed by atoms with Gasteiger partial charge in [0.05, 0.1) is 11.0 Å². The maximum absolute atomic E-state index is 13.1. The number of benzene rings is 1. The summed E-state index contributed by atoms with van der Waals surface area (Å²) in [7, 11) is -3.71.